The van der Waals surface area contributed by atoms with Gasteiger partial charge in [0.2, 0.25) is 0 Å². The maximum Gasteiger partial charge on any atom is 0.191 e. The standard InChI is InChI=1S/C19H38N4O3.HI/c1-4-20-19(21-7-10-24-15-17-6-5-9-25-17)22-12-18-14-23(8-11-26-18)13-16(2)3;/h16-18H,4-15H2,1-3H3,(H2,20,21,22);1H. The lowest BCUT2D eigenvalue weighted by molar-refractivity contribution is -0.0262. The third-order valence-electron chi connectivity index (χ3n) is 4.51. The van der Waals surface area contributed by atoms with Gasteiger partial charge in [-0.15, -0.1) is 24.0 Å². The predicted octanol–water partition coefficient (Wildman–Crippen LogP) is 1.71. The molecule has 27 heavy (non-hydrogen) atoms. The second-order valence-electron chi connectivity index (χ2n) is 7.50. The molecule has 0 aromatic heterocycles. The van der Waals surface area contributed by atoms with E-state index in [9.17, 15) is 0 Å². The topological polar surface area (TPSA) is 67.4 Å². The summed E-state index contributed by atoms with van der Waals surface area (Å²) in [5.74, 6) is 1.52. The molecular weight excluding hydrogens is 459 g/mol. The molecule has 8 heteroatoms. The van der Waals surface area contributed by atoms with Gasteiger partial charge in [0.25, 0.3) is 0 Å². The maximum absolute atomic E-state index is 5.88. The van der Waals surface area contributed by atoms with Crippen LogP contribution in [-0.4, -0.2) is 88.8 Å². The normalized spacial score (nSPS) is 24.1. The second-order valence-corrected chi connectivity index (χ2v) is 7.50. The fraction of sp³-hybridized carbons (Fsp3) is 0.947. The van der Waals surface area contributed by atoms with Gasteiger partial charge in [0, 0.05) is 39.3 Å². The van der Waals surface area contributed by atoms with Gasteiger partial charge in [-0.2, -0.15) is 0 Å². The van der Waals surface area contributed by atoms with Crippen molar-refractivity contribution < 1.29 is 14.2 Å². The van der Waals surface area contributed by atoms with E-state index in [1.807, 2.05) is 0 Å². The minimum atomic E-state index is 0. The Labute approximate surface area is 182 Å². The second kappa shape index (κ2) is 14.8. The number of rotatable bonds is 10. The number of nitrogens with one attached hydrogen (secondary N) is 2. The molecule has 0 spiro atoms. The van der Waals surface area contributed by atoms with Crippen molar-refractivity contribution in [2.45, 2.75) is 45.8 Å². The van der Waals surface area contributed by atoms with E-state index in [1.165, 1.54) is 0 Å². The number of morpholine rings is 1. The summed E-state index contributed by atoms with van der Waals surface area (Å²) in [6.07, 6.45) is 2.73. The molecule has 2 heterocycles. The van der Waals surface area contributed by atoms with E-state index in [2.05, 4.69) is 41.3 Å². The fourth-order valence-electron chi connectivity index (χ4n) is 3.34. The van der Waals surface area contributed by atoms with Gasteiger partial charge in [-0.25, -0.2) is 0 Å². The summed E-state index contributed by atoms with van der Waals surface area (Å²) in [5, 5.41) is 6.62. The van der Waals surface area contributed by atoms with E-state index < -0.39 is 0 Å². The van der Waals surface area contributed by atoms with Crippen LogP contribution in [0, 0.1) is 5.92 Å². The molecule has 7 nitrogen and oxygen atoms in total. The molecule has 2 unspecified atom stereocenters. The van der Waals surface area contributed by atoms with Gasteiger partial charge in [-0.05, 0) is 25.7 Å². The molecule has 0 aromatic rings. The van der Waals surface area contributed by atoms with Gasteiger partial charge in [-0.3, -0.25) is 9.89 Å². The fourth-order valence-corrected chi connectivity index (χ4v) is 3.34. The molecular formula is C19H39IN4O3. The highest BCUT2D eigenvalue weighted by Gasteiger charge is 2.20. The Morgan fingerprint density at radius 1 is 1.22 bits per heavy atom. The summed E-state index contributed by atoms with van der Waals surface area (Å²) in [4.78, 5) is 7.17. The van der Waals surface area contributed by atoms with Gasteiger partial charge in [0.15, 0.2) is 5.96 Å². The lowest BCUT2D eigenvalue weighted by Crippen LogP contribution is -2.46. The third kappa shape index (κ3) is 10.8. The third-order valence-corrected chi connectivity index (χ3v) is 4.51. The van der Waals surface area contributed by atoms with Crippen LogP contribution in [-0.2, 0) is 14.2 Å². The minimum Gasteiger partial charge on any atom is -0.377 e. The zero-order chi connectivity index (χ0) is 18.6. The average molecular weight is 498 g/mol. The van der Waals surface area contributed by atoms with E-state index in [1.54, 1.807) is 0 Å². The average Bonchev–Trinajstić information content (AvgIpc) is 3.12. The molecule has 2 saturated heterocycles. The summed E-state index contributed by atoms with van der Waals surface area (Å²) in [6.45, 7) is 15.0. The first kappa shape index (κ1) is 24.9. The van der Waals surface area contributed by atoms with Gasteiger partial charge < -0.3 is 24.8 Å². The van der Waals surface area contributed by atoms with Gasteiger partial charge in [0.1, 0.15) is 0 Å². The molecule has 0 radical (unpaired) electrons. The van der Waals surface area contributed by atoms with E-state index in [4.69, 9.17) is 14.2 Å². The van der Waals surface area contributed by atoms with E-state index in [-0.39, 0.29) is 36.2 Å². The van der Waals surface area contributed by atoms with Crippen LogP contribution in [0.5, 0.6) is 0 Å². The highest BCUT2D eigenvalue weighted by Crippen LogP contribution is 2.11. The first-order valence-corrected chi connectivity index (χ1v) is 10.2. The Balaban J connectivity index is 0.00000364. The Bertz CT molecular complexity index is 406. The van der Waals surface area contributed by atoms with Crippen molar-refractivity contribution in [3.63, 3.8) is 0 Å². The highest BCUT2D eigenvalue weighted by molar-refractivity contribution is 14.0. The van der Waals surface area contributed by atoms with Crippen LogP contribution in [0.25, 0.3) is 0 Å². The van der Waals surface area contributed by atoms with E-state index in [0.29, 0.717) is 25.7 Å². The first-order valence-electron chi connectivity index (χ1n) is 10.2. The van der Waals surface area contributed by atoms with Gasteiger partial charge >= 0.3 is 0 Å². The van der Waals surface area contributed by atoms with Crippen LogP contribution >= 0.6 is 24.0 Å². The Kier molecular flexibility index (Phi) is 13.6. The zero-order valence-corrected chi connectivity index (χ0v) is 19.6. The Morgan fingerprint density at radius 3 is 2.74 bits per heavy atom. The maximum atomic E-state index is 5.88. The van der Waals surface area contributed by atoms with Crippen LogP contribution < -0.4 is 10.6 Å². The monoisotopic (exact) mass is 498 g/mol. The SMILES string of the molecule is CCNC(=NCC1CN(CC(C)C)CCO1)NCCOCC1CCCO1.I. The summed E-state index contributed by atoms with van der Waals surface area (Å²) in [5.41, 5.74) is 0. The number of nitrogens with zero attached hydrogens (tertiary/aromatic N) is 2. The lowest BCUT2D eigenvalue weighted by Gasteiger charge is -2.33. The van der Waals surface area contributed by atoms with Crippen LogP contribution in [0.1, 0.15) is 33.6 Å². The lowest BCUT2D eigenvalue weighted by atomic mass is 10.2. The van der Waals surface area contributed by atoms with Crippen LogP contribution in [0.4, 0.5) is 0 Å². The highest BCUT2D eigenvalue weighted by atomic mass is 127. The smallest absolute Gasteiger partial charge is 0.191 e. The van der Waals surface area contributed by atoms with Crippen molar-refractivity contribution >= 4 is 29.9 Å². The molecule has 0 aliphatic carbocycles. The molecule has 160 valence electrons. The summed E-state index contributed by atoms with van der Waals surface area (Å²) < 4.78 is 17.1. The molecule has 2 aliphatic heterocycles. The summed E-state index contributed by atoms with van der Waals surface area (Å²) in [6, 6.07) is 0. The number of ether oxygens (including phenoxy) is 3. The van der Waals surface area contributed by atoms with Crippen molar-refractivity contribution in [3.05, 3.63) is 0 Å². The summed E-state index contributed by atoms with van der Waals surface area (Å²) in [7, 11) is 0. The molecule has 0 saturated carbocycles. The van der Waals surface area contributed by atoms with Gasteiger partial charge in [-0.1, -0.05) is 13.8 Å². The quantitative estimate of drug-likeness (QED) is 0.207. The van der Waals surface area contributed by atoms with Crippen molar-refractivity contribution in [2.75, 3.05) is 65.7 Å². The molecule has 0 aromatic carbocycles. The van der Waals surface area contributed by atoms with Crippen LogP contribution in [0.15, 0.2) is 4.99 Å². The summed E-state index contributed by atoms with van der Waals surface area (Å²) >= 11 is 0. The molecule has 2 fully saturated rings. The molecule has 0 bridgehead atoms. The molecule has 2 rings (SSSR count). The number of hydrogen-bond donors (Lipinski definition) is 2. The molecule has 2 aliphatic rings. The van der Waals surface area contributed by atoms with Crippen molar-refractivity contribution in [2.24, 2.45) is 10.9 Å². The number of halogens is 1. The van der Waals surface area contributed by atoms with Crippen molar-refractivity contribution in [1.82, 2.24) is 15.5 Å². The molecule has 2 atom stereocenters. The van der Waals surface area contributed by atoms with Crippen molar-refractivity contribution in [1.29, 1.82) is 0 Å². The van der Waals surface area contributed by atoms with Crippen LogP contribution in [0.2, 0.25) is 0 Å². The van der Waals surface area contributed by atoms with Gasteiger partial charge in [0.05, 0.1) is 38.6 Å². The van der Waals surface area contributed by atoms with Crippen LogP contribution in [0.3, 0.4) is 0 Å². The number of hydrogen-bond acceptors (Lipinski definition) is 5. The van der Waals surface area contributed by atoms with Crippen molar-refractivity contribution in [3.8, 4) is 0 Å². The number of guanidine groups is 1. The molecule has 2 N–H and O–H groups in total. The first-order chi connectivity index (χ1) is 12.7. The largest absolute Gasteiger partial charge is 0.377 e. The Hall–Kier alpha value is -0.160. The minimum absolute atomic E-state index is 0. The van der Waals surface area contributed by atoms with E-state index >= 15 is 0 Å². The zero-order valence-electron chi connectivity index (χ0n) is 17.2. The number of aliphatic imine (C=N–C) groups is 1. The molecule has 0 amide bonds. The predicted molar refractivity (Wildman–Crippen MR) is 120 cm³/mol. The van der Waals surface area contributed by atoms with E-state index in [0.717, 1.165) is 64.7 Å². The Morgan fingerprint density at radius 2 is 2.04 bits per heavy atom.